The lowest BCUT2D eigenvalue weighted by molar-refractivity contribution is 0.299. The van der Waals surface area contributed by atoms with E-state index in [-0.39, 0.29) is 0 Å². The third-order valence-corrected chi connectivity index (χ3v) is 3.86. The minimum atomic E-state index is 0.420. The Morgan fingerprint density at radius 3 is 2.67 bits per heavy atom. The van der Waals surface area contributed by atoms with Crippen LogP contribution in [0.3, 0.4) is 0 Å². The predicted octanol–water partition coefficient (Wildman–Crippen LogP) is 4.23. The van der Waals surface area contributed by atoms with Crippen LogP contribution in [0.1, 0.15) is 30.8 Å². The van der Waals surface area contributed by atoms with Crippen LogP contribution in [-0.2, 0) is 13.2 Å². The number of pyridine rings is 1. The van der Waals surface area contributed by atoms with Gasteiger partial charge < -0.3 is 10.1 Å². The SMILES string of the molecule is Cc1ccc(OCc2ccccc2Br)c(CNC(C)C)n1. The Hall–Kier alpha value is -1.39. The van der Waals surface area contributed by atoms with Crippen molar-refractivity contribution in [2.24, 2.45) is 0 Å². The van der Waals surface area contributed by atoms with Crippen LogP contribution in [0.4, 0.5) is 0 Å². The van der Waals surface area contributed by atoms with Gasteiger partial charge in [0.1, 0.15) is 12.4 Å². The van der Waals surface area contributed by atoms with Crippen molar-refractivity contribution in [3.8, 4) is 5.75 Å². The van der Waals surface area contributed by atoms with E-state index in [9.17, 15) is 0 Å². The standard InChI is InChI=1S/C17H21BrN2O/c1-12(2)19-10-16-17(9-8-13(3)20-16)21-11-14-6-4-5-7-15(14)18/h4-9,12,19H,10-11H2,1-3H3. The normalized spacial score (nSPS) is 10.9. The fraction of sp³-hybridized carbons (Fsp3) is 0.353. The van der Waals surface area contributed by atoms with Crippen LogP contribution >= 0.6 is 15.9 Å². The molecule has 0 fully saturated rings. The van der Waals surface area contributed by atoms with Crippen LogP contribution < -0.4 is 10.1 Å². The van der Waals surface area contributed by atoms with Crippen molar-refractivity contribution in [1.82, 2.24) is 10.3 Å². The zero-order valence-corrected chi connectivity index (χ0v) is 14.3. The van der Waals surface area contributed by atoms with E-state index in [1.54, 1.807) is 0 Å². The van der Waals surface area contributed by atoms with Crippen LogP contribution in [0, 0.1) is 6.92 Å². The molecule has 0 atom stereocenters. The highest BCUT2D eigenvalue weighted by molar-refractivity contribution is 9.10. The minimum Gasteiger partial charge on any atom is -0.487 e. The molecule has 3 nitrogen and oxygen atoms in total. The van der Waals surface area contributed by atoms with Crippen molar-refractivity contribution in [3.63, 3.8) is 0 Å². The van der Waals surface area contributed by atoms with E-state index in [1.807, 2.05) is 37.3 Å². The van der Waals surface area contributed by atoms with E-state index < -0.39 is 0 Å². The molecule has 1 aromatic carbocycles. The third-order valence-electron chi connectivity index (χ3n) is 3.09. The average Bonchev–Trinajstić information content (AvgIpc) is 2.45. The Bertz CT molecular complexity index is 599. The summed E-state index contributed by atoms with van der Waals surface area (Å²) in [6.07, 6.45) is 0. The molecule has 0 unspecified atom stereocenters. The van der Waals surface area contributed by atoms with Crippen molar-refractivity contribution in [2.75, 3.05) is 0 Å². The molecule has 4 heteroatoms. The fourth-order valence-electron chi connectivity index (χ4n) is 1.93. The number of nitrogens with one attached hydrogen (secondary N) is 1. The van der Waals surface area contributed by atoms with E-state index in [1.165, 1.54) is 0 Å². The fourth-order valence-corrected chi connectivity index (χ4v) is 2.33. The van der Waals surface area contributed by atoms with Gasteiger partial charge in [-0.3, -0.25) is 4.98 Å². The second-order valence-corrected chi connectivity index (χ2v) is 6.17. The summed E-state index contributed by atoms with van der Waals surface area (Å²) in [6.45, 7) is 7.48. The first kappa shape index (κ1) is 16.0. The summed E-state index contributed by atoms with van der Waals surface area (Å²) in [6, 6.07) is 12.5. The largest absolute Gasteiger partial charge is 0.487 e. The molecule has 112 valence electrons. The molecule has 1 heterocycles. The van der Waals surface area contributed by atoms with Crippen LogP contribution in [0.5, 0.6) is 5.75 Å². The number of nitrogens with zero attached hydrogens (tertiary/aromatic N) is 1. The summed E-state index contributed by atoms with van der Waals surface area (Å²) in [5.41, 5.74) is 3.08. The van der Waals surface area contributed by atoms with Crippen molar-refractivity contribution < 1.29 is 4.74 Å². The molecule has 0 aliphatic rings. The monoisotopic (exact) mass is 348 g/mol. The Morgan fingerprint density at radius 2 is 1.95 bits per heavy atom. The first-order valence-electron chi connectivity index (χ1n) is 7.12. The molecule has 1 N–H and O–H groups in total. The van der Waals surface area contributed by atoms with Gasteiger partial charge in [-0.25, -0.2) is 0 Å². The lowest BCUT2D eigenvalue weighted by Crippen LogP contribution is -2.23. The molecule has 0 saturated heterocycles. The Labute approximate surface area is 134 Å². The summed E-state index contributed by atoms with van der Waals surface area (Å²) >= 11 is 3.54. The van der Waals surface area contributed by atoms with Crippen LogP contribution in [0.25, 0.3) is 0 Å². The number of hydrogen-bond donors (Lipinski definition) is 1. The minimum absolute atomic E-state index is 0.420. The molecule has 0 radical (unpaired) electrons. The number of aryl methyl sites for hydroxylation is 1. The van der Waals surface area contributed by atoms with Gasteiger partial charge in [-0.15, -0.1) is 0 Å². The van der Waals surface area contributed by atoms with Gasteiger partial charge in [0.05, 0.1) is 5.69 Å². The van der Waals surface area contributed by atoms with Crippen molar-refractivity contribution in [2.45, 2.75) is 40.0 Å². The highest BCUT2D eigenvalue weighted by Gasteiger charge is 2.08. The number of benzene rings is 1. The summed E-state index contributed by atoms with van der Waals surface area (Å²) in [7, 11) is 0. The number of hydrogen-bond acceptors (Lipinski definition) is 3. The topological polar surface area (TPSA) is 34.1 Å². The molecule has 2 aromatic rings. The molecule has 0 bridgehead atoms. The van der Waals surface area contributed by atoms with E-state index in [0.29, 0.717) is 19.2 Å². The van der Waals surface area contributed by atoms with E-state index in [2.05, 4.69) is 46.1 Å². The third kappa shape index (κ3) is 4.83. The summed E-state index contributed by atoms with van der Waals surface area (Å²) in [5, 5.41) is 3.39. The summed E-state index contributed by atoms with van der Waals surface area (Å²) in [4.78, 5) is 4.58. The van der Waals surface area contributed by atoms with Gasteiger partial charge in [0.25, 0.3) is 0 Å². The Balaban J connectivity index is 2.10. The maximum absolute atomic E-state index is 5.96. The molecule has 0 amide bonds. The molecule has 1 aromatic heterocycles. The summed E-state index contributed by atoms with van der Waals surface area (Å²) < 4.78 is 7.02. The summed E-state index contributed by atoms with van der Waals surface area (Å²) in [5.74, 6) is 0.838. The van der Waals surface area contributed by atoms with Crippen molar-refractivity contribution >= 4 is 15.9 Å². The van der Waals surface area contributed by atoms with Crippen molar-refractivity contribution in [1.29, 1.82) is 0 Å². The second-order valence-electron chi connectivity index (χ2n) is 5.31. The van der Waals surface area contributed by atoms with Crippen molar-refractivity contribution in [3.05, 3.63) is 57.8 Å². The van der Waals surface area contributed by atoms with Crippen LogP contribution in [0.15, 0.2) is 40.9 Å². The second kappa shape index (κ2) is 7.57. The molecule has 0 aliphatic carbocycles. The molecule has 0 spiro atoms. The maximum atomic E-state index is 5.96. The average molecular weight is 349 g/mol. The smallest absolute Gasteiger partial charge is 0.142 e. The van der Waals surface area contributed by atoms with Crippen LogP contribution in [0.2, 0.25) is 0 Å². The Morgan fingerprint density at radius 1 is 1.19 bits per heavy atom. The van der Waals surface area contributed by atoms with Gasteiger partial charge in [0.15, 0.2) is 0 Å². The predicted molar refractivity (Wildman–Crippen MR) is 89.4 cm³/mol. The molecule has 21 heavy (non-hydrogen) atoms. The molecule has 0 saturated carbocycles. The first-order valence-corrected chi connectivity index (χ1v) is 7.91. The van der Waals surface area contributed by atoms with E-state index in [4.69, 9.17) is 4.74 Å². The highest BCUT2D eigenvalue weighted by atomic mass is 79.9. The Kier molecular flexibility index (Phi) is 5.76. The van der Waals surface area contributed by atoms with Gasteiger partial charge in [-0.05, 0) is 25.1 Å². The van der Waals surface area contributed by atoms with Gasteiger partial charge in [0, 0.05) is 28.3 Å². The van der Waals surface area contributed by atoms with Crippen LogP contribution in [-0.4, -0.2) is 11.0 Å². The van der Waals surface area contributed by atoms with E-state index >= 15 is 0 Å². The maximum Gasteiger partial charge on any atom is 0.142 e. The number of ether oxygens (including phenoxy) is 1. The zero-order valence-electron chi connectivity index (χ0n) is 12.7. The quantitative estimate of drug-likeness (QED) is 0.848. The highest BCUT2D eigenvalue weighted by Crippen LogP contribution is 2.21. The zero-order chi connectivity index (χ0) is 15.2. The lowest BCUT2D eigenvalue weighted by atomic mass is 10.2. The van der Waals surface area contributed by atoms with Gasteiger partial charge in [0.2, 0.25) is 0 Å². The number of rotatable bonds is 6. The van der Waals surface area contributed by atoms with E-state index in [0.717, 1.165) is 27.2 Å². The number of halogens is 1. The molecule has 2 rings (SSSR count). The van der Waals surface area contributed by atoms with Gasteiger partial charge in [-0.1, -0.05) is 48.0 Å². The lowest BCUT2D eigenvalue weighted by Gasteiger charge is -2.14. The van der Waals surface area contributed by atoms with Gasteiger partial charge in [-0.2, -0.15) is 0 Å². The van der Waals surface area contributed by atoms with Gasteiger partial charge >= 0.3 is 0 Å². The molecule has 0 aliphatic heterocycles. The molecular formula is C17H21BrN2O. The number of aromatic nitrogens is 1. The molecular weight excluding hydrogens is 328 g/mol. The first-order chi connectivity index (χ1) is 10.1.